The summed E-state index contributed by atoms with van der Waals surface area (Å²) in [5.41, 5.74) is 0.681. The zero-order chi connectivity index (χ0) is 17.3. The number of hydrogen-bond donors (Lipinski definition) is 0. The predicted molar refractivity (Wildman–Crippen MR) is 87.7 cm³/mol. The topological polar surface area (TPSA) is 75.6 Å². The Morgan fingerprint density at radius 3 is 2.50 bits per heavy atom. The van der Waals surface area contributed by atoms with Crippen molar-refractivity contribution in [3.8, 4) is 0 Å². The van der Waals surface area contributed by atoms with Crippen molar-refractivity contribution in [1.82, 2.24) is 19.9 Å². The third-order valence-electron chi connectivity index (χ3n) is 4.33. The Balaban J connectivity index is 1.59. The normalized spacial score (nSPS) is 16.1. The van der Waals surface area contributed by atoms with Crippen LogP contribution in [-0.2, 0) is 6.54 Å². The summed E-state index contributed by atoms with van der Waals surface area (Å²) in [6.45, 7) is 11.4. The van der Waals surface area contributed by atoms with E-state index in [-0.39, 0.29) is 11.8 Å². The third-order valence-corrected chi connectivity index (χ3v) is 4.33. The van der Waals surface area contributed by atoms with Crippen LogP contribution in [0.4, 0.5) is 0 Å². The van der Waals surface area contributed by atoms with Gasteiger partial charge in [0, 0.05) is 39.0 Å². The number of hydrogen-bond acceptors (Lipinski definition) is 6. The Labute approximate surface area is 141 Å². The van der Waals surface area contributed by atoms with Crippen molar-refractivity contribution in [2.75, 3.05) is 26.2 Å². The van der Waals surface area contributed by atoms with E-state index >= 15 is 0 Å². The van der Waals surface area contributed by atoms with Crippen LogP contribution in [0.2, 0.25) is 0 Å². The Hall–Kier alpha value is -2.15. The van der Waals surface area contributed by atoms with Crippen molar-refractivity contribution in [2.24, 2.45) is 0 Å². The summed E-state index contributed by atoms with van der Waals surface area (Å²) in [4.78, 5) is 21.1. The van der Waals surface area contributed by atoms with E-state index < -0.39 is 0 Å². The second-order valence-electron chi connectivity index (χ2n) is 6.57. The van der Waals surface area contributed by atoms with Crippen LogP contribution in [0.1, 0.15) is 53.4 Å². The number of aryl methyl sites for hydroxylation is 2. The van der Waals surface area contributed by atoms with Crippen LogP contribution in [0, 0.1) is 13.8 Å². The summed E-state index contributed by atoms with van der Waals surface area (Å²) < 4.78 is 10.7. The fraction of sp³-hybridized carbons (Fsp3) is 0.588. The van der Waals surface area contributed by atoms with E-state index in [4.69, 9.17) is 8.94 Å². The van der Waals surface area contributed by atoms with Gasteiger partial charge in [-0.25, -0.2) is 0 Å². The van der Waals surface area contributed by atoms with Crippen LogP contribution in [0.5, 0.6) is 0 Å². The number of piperazine rings is 1. The number of carbonyl (C=O) groups is 1. The second kappa shape index (κ2) is 6.76. The van der Waals surface area contributed by atoms with E-state index in [1.165, 1.54) is 0 Å². The lowest BCUT2D eigenvalue weighted by Gasteiger charge is -2.33. The second-order valence-corrected chi connectivity index (χ2v) is 6.57. The molecule has 1 aliphatic heterocycles. The van der Waals surface area contributed by atoms with E-state index in [1.54, 1.807) is 6.92 Å². The Kier molecular flexibility index (Phi) is 4.71. The van der Waals surface area contributed by atoms with Crippen molar-refractivity contribution < 1.29 is 13.7 Å². The lowest BCUT2D eigenvalue weighted by molar-refractivity contribution is 0.0622. The quantitative estimate of drug-likeness (QED) is 0.855. The van der Waals surface area contributed by atoms with Crippen molar-refractivity contribution in [1.29, 1.82) is 0 Å². The largest absolute Gasteiger partial charge is 0.465 e. The minimum absolute atomic E-state index is 0.0539. The van der Waals surface area contributed by atoms with Gasteiger partial charge in [-0.1, -0.05) is 19.0 Å². The zero-order valence-electron chi connectivity index (χ0n) is 14.7. The van der Waals surface area contributed by atoms with Gasteiger partial charge in [-0.2, -0.15) is 4.98 Å². The molecular weight excluding hydrogens is 308 g/mol. The van der Waals surface area contributed by atoms with Gasteiger partial charge in [-0.3, -0.25) is 9.69 Å². The summed E-state index contributed by atoms with van der Waals surface area (Å²) in [7, 11) is 0. The van der Waals surface area contributed by atoms with Gasteiger partial charge in [-0.15, -0.1) is 0 Å². The molecule has 0 spiro atoms. The van der Waals surface area contributed by atoms with Gasteiger partial charge in [0.05, 0.1) is 12.1 Å². The number of amides is 1. The number of rotatable bonds is 4. The molecular formula is C17H24N4O3. The molecule has 1 fully saturated rings. The molecule has 7 heteroatoms. The minimum atomic E-state index is 0.0539. The minimum Gasteiger partial charge on any atom is -0.465 e. The van der Waals surface area contributed by atoms with Gasteiger partial charge in [0.15, 0.2) is 5.82 Å². The molecule has 24 heavy (non-hydrogen) atoms. The van der Waals surface area contributed by atoms with E-state index in [0.717, 1.165) is 18.8 Å². The zero-order valence-corrected chi connectivity index (χ0v) is 14.7. The van der Waals surface area contributed by atoms with Gasteiger partial charge in [0.1, 0.15) is 11.5 Å². The van der Waals surface area contributed by atoms with Crippen LogP contribution in [0.15, 0.2) is 15.0 Å². The molecule has 0 N–H and O–H groups in total. The Bertz CT molecular complexity index is 711. The molecule has 0 aliphatic carbocycles. The molecule has 7 nitrogen and oxygen atoms in total. The summed E-state index contributed by atoms with van der Waals surface area (Å²) in [5, 5.41) is 3.92. The highest BCUT2D eigenvalue weighted by Gasteiger charge is 2.26. The first-order valence-electron chi connectivity index (χ1n) is 8.35. The SMILES string of the molecule is Cc1nc(CN2CCN(C(=O)c3cc(C(C)C)oc3C)CC2)no1. The van der Waals surface area contributed by atoms with Crippen LogP contribution in [-0.4, -0.2) is 52.0 Å². The summed E-state index contributed by atoms with van der Waals surface area (Å²) in [5.74, 6) is 3.17. The molecule has 0 saturated carbocycles. The molecule has 0 unspecified atom stereocenters. The Morgan fingerprint density at radius 1 is 1.25 bits per heavy atom. The molecule has 3 heterocycles. The van der Waals surface area contributed by atoms with Crippen LogP contribution in [0.25, 0.3) is 0 Å². The first kappa shape index (κ1) is 16.7. The highest BCUT2D eigenvalue weighted by atomic mass is 16.5. The van der Waals surface area contributed by atoms with E-state index in [2.05, 4.69) is 28.9 Å². The fourth-order valence-corrected chi connectivity index (χ4v) is 2.89. The lowest BCUT2D eigenvalue weighted by atomic mass is 10.1. The maximum absolute atomic E-state index is 12.7. The van der Waals surface area contributed by atoms with E-state index in [9.17, 15) is 4.79 Å². The van der Waals surface area contributed by atoms with Crippen LogP contribution in [0.3, 0.4) is 0 Å². The molecule has 130 valence electrons. The lowest BCUT2D eigenvalue weighted by Crippen LogP contribution is -2.48. The van der Waals surface area contributed by atoms with Crippen molar-refractivity contribution in [3.63, 3.8) is 0 Å². The smallest absolute Gasteiger partial charge is 0.257 e. The molecule has 2 aromatic heterocycles. The number of nitrogens with zero attached hydrogens (tertiary/aromatic N) is 4. The average molecular weight is 332 g/mol. The first-order chi connectivity index (χ1) is 11.4. The van der Waals surface area contributed by atoms with Gasteiger partial charge < -0.3 is 13.8 Å². The van der Waals surface area contributed by atoms with Crippen molar-refractivity contribution in [2.45, 2.75) is 40.2 Å². The van der Waals surface area contributed by atoms with E-state index in [1.807, 2.05) is 17.9 Å². The first-order valence-corrected chi connectivity index (χ1v) is 8.35. The third kappa shape index (κ3) is 3.51. The molecule has 1 aliphatic rings. The molecule has 0 atom stereocenters. The number of furan rings is 1. The summed E-state index contributed by atoms with van der Waals surface area (Å²) in [6, 6.07) is 1.89. The predicted octanol–water partition coefficient (Wildman–Crippen LogP) is 2.36. The van der Waals surface area contributed by atoms with Gasteiger partial charge in [-0.05, 0) is 13.0 Å². The van der Waals surface area contributed by atoms with Gasteiger partial charge in [0.25, 0.3) is 5.91 Å². The van der Waals surface area contributed by atoms with Crippen molar-refractivity contribution >= 4 is 5.91 Å². The maximum atomic E-state index is 12.7. The Morgan fingerprint density at radius 2 is 1.96 bits per heavy atom. The molecule has 2 aromatic rings. The molecule has 0 radical (unpaired) electrons. The van der Waals surface area contributed by atoms with Gasteiger partial charge in [0.2, 0.25) is 5.89 Å². The summed E-state index contributed by atoms with van der Waals surface area (Å²) in [6.07, 6.45) is 0. The number of carbonyl (C=O) groups excluding carboxylic acids is 1. The highest BCUT2D eigenvalue weighted by molar-refractivity contribution is 5.95. The maximum Gasteiger partial charge on any atom is 0.257 e. The standard InChI is InChI=1S/C17H24N4O3/c1-11(2)15-9-14(12(3)23-15)17(22)21-7-5-20(6-8-21)10-16-18-13(4)24-19-16/h9,11H,5-8,10H2,1-4H3. The monoisotopic (exact) mass is 332 g/mol. The molecule has 1 amide bonds. The molecule has 0 aromatic carbocycles. The van der Waals surface area contributed by atoms with Crippen LogP contribution >= 0.6 is 0 Å². The van der Waals surface area contributed by atoms with Gasteiger partial charge >= 0.3 is 0 Å². The fourth-order valence-electron chi connectivity index (χ4n) is 2.89. The molecule has 1 saturated heterocycles. The molecule has 0 bridgehead atoms. The average Bonchev–Trinajstić information content (AvgIpc) is 3.13. The highest BCUT2D eigenvalue weighted by Crippen LogP contribution is 2.23. The molecule has 3 rings (SSSR count). The van der Waals surface area contributed by atoms with E-state index in [0.29, 0.717) is 42.7 Å². The summed E-state index contributed by atoms with van der Waals surface area (Å²) >= 11 is 0. The van der Waals surface area contributed by atoms with Crippen LogP contribution < -0.4 is 0 Å². The number of aromatic nitrogens is 2. The van der Waals surface area contributed by atoms with Crippen molar-refractivity contribution in [3.05, 3.63) is 34.9 Å².